The Morgan fingerprint density at radius 2 is 1.77 bits per heavy atom. The number of hydrogen-bond acceptors (Lipinski definition) is 7. The lowest BCUT2D eigenvalue weighted by Crippen LogP contribution is -2.28. The van der Waals surface area contributed by atoms with Gasteiger partial charge in [0.2, 0.25) is 17.5 Å². The van der Waals surface area contributed by atoms with E-state index >= 15 is 0 Å². The van der Waals surface area contributed by atoms with Gasteiger partial charge in [-0.15, -0.1) is 0 Å². The molecule has 0 aliphatic heterocycles. The Morgan fingerprint density at radius 1 is 1.07 bits per heavy atom. The average Bonchev–Trinajstić information content (AvgIpc) is 3.23. The highest BCUT2D eigenvalue weighted by atomic mass is 16.5. The van der Waals surface area contributed by atoms with E-state index in [1.54, 1.807) is 12.1 Å². The zero-order valence-electron chi connectivity index (χ0n) is 17.5. The molecule has 0 radical (unpaired) electrons. The second-order valence-corrected chi connectivity index (χ2v) is 6.48. The second-order valence-electron chi connectivity index (χ2n) is 6.48. The topological polar surface area (TPSA) is 108 Å². The maximum atomic E-state index is 12.2. The first-order valence-corrected chi connectivity index (χ1v) is 9.20. The van der Waals surface area contributed by atoms with Crippen molar-refractivity contribution in [2.45, 2.75) is 20.4 Å². The van der Waals surface area contributed by atoms with E-state index < -0.39 is 0 Å². The van der Waals surface area contributed by atoms with Gasteiger partial charge in [0.1, 0.15) is 0 Å². The Kier molecular flexibility index (Phi) is 6.41. The average molecular weight is 412 g/mol. The number of benzene rings is 2. The van der Waals surface area contributed by atoms with E-state index in [0.29, 0.717) is 28.6 Å². The number of aromatic nitrogens is 2. The molecule has 1 heterocycles. The molecule has 0 saturated carbocycles. The van der Waals surface area contributed by atoms with Gasteiger partial charge >= 0.3 is 6.03 Å². The molecule has 9 nitrogen and oxygen atoms in total. The fourth-order valence-electron chi connectivity index (χ4n) is 2.86. The summed E-state index contributed by atoms with van der Waals surface area (Å²) >= 11 is 0. The Balaban J connectivity index is 1.69. The summed E-state index contributed by atoms with van der Waals surface area (Å²) in [6.07, 6.45) is 0. The molecule has 30 heavy (non-hydrogen) atoms. The van der Waals surface area contributed by atoms with Crippen molar-refractivity contribution in [2.75, 3.05) is 26.6 Å². The maximum Gasteiger partial charge on any atom is 0.319 e. The lowest BCUT2D eigenvalue weighted by Gasteiger charge is -2.12. The largest absolute Gasteiger partial charge is 0.493 e. The smallest absolute Gasteiger partial charge is 0.319 e. The summed E-state index contributed by atoms with van der Waals surface area (Å²) in [6.45, 7) is 4.02. The van der Waals surface area contributed by atoms with Crippen LogP contribution in [0.3, 0.4) is 0 Å². The van der Waals surface area contributed by atoms with Gasteiger partial charge in [0.25, 0.3) is 0 Å². The Labute approximate surface area is 174 Å². The van der Waals surface area contributed by atoms with E-state index in [4.69, 9.17) is 18.7 Å². The fourth-order valence-corrected chi connectivity index (χ4v) is 2.86. The van der Waals surface area contributed by atoms with Crippen molar-refractivity contribution in [2.24, 2.45) is 0 Å². The summed E-state index contributed by atoms with van der Waals surface area (Å²) in [5, 5.41) is 9.49. The standard InChI is InChI=1S/C21H24N4O5/c1-12-7-6-8-15(13(12)2)23-21(26)22-11-18-24-20(25-30-18)14-9-16(27-3)19(29-5)17(10-14)28-4/h6-10H,11H2,1-5H3,(H2,22,23,26). The number of urea groups is 1. The van der Waals surface area contributed by atoms with Gasteiger partial charge in [-0.3, -0.25) is 0 Å². The van der Waals surface area contributed by atoms with Crippen molar-refractivity contribution in [3.8, 4) is 28.6 Å². The van der Waals surface area contributed by atoms with Crippen molar-refractivity contribution >= 4 is 11.7 Å². The van der Waals surface area contributed by atoms with E-state index in [9.17, 15) is 4.79 Å². The van der Waals surface area contributed by atoms with Crippen LogP contribution in [-0.2, 0) is 6.54 Å². The zero-order chi connectivity index (χ0) is 21.7. The van der Waals surface area contributed by atoms with Crippen LogP contribution in [0.5, 0.6) is 17.2 Å². The van der Waals surface area contributed by atoms with Crippen LogP contribution in [0.25, 0.3) is 11.4 Å². The minimum atomic E-state index is -0.365. The van der Waals surface area contributed by atoms with Crippen LogP contribution >= 0.6 is 0 Å². The minimum Gasteiger partial charge on any atom is -0.493 e. The Bertz CT molecular complexity index is 1020. The van der Waals surface area contributed by atoms with Crippen LogP contribution in [0.15, 0.2) is 34.9 Å². The lowest BCUT2D eigenvalue weighted by atomic mass is 10.1. The molecule has 1 aromatic heterocycles. The van der Waals surface area contributed by atoms with Crippen LogP contribution < -0.4 is 24.8 Å². The molecule has 0 atom stereocenters. The Hall–Kier alpha value is -3.75. The molecule has 2 N–H and O–H groups in total. The zero-order valence-corrected chi connectivity index (χ0v) is 17.5. The normalized spacial score (nSPS) is 10.4. The van der Waals surface area contributed by atoms with Crippen LogP contribution in [0.4, 0.5) is 10.5 Å². The summed E-state index contributed by atoms with van der Waals surface area (Å²) in [5.74, 6) is 2.02. The highest BCUT2D eigenvalue weighted by Crippen LogP contribution is 2.40. The maximum absolute atomic E-state index is 12.2. The number of methoxy groups -OCH3 is 3. The van der Waals surface area contributed by atoms with Gasteiger partial charge in [-0.1, -0.05) is 17.3 Å². The second kappa shape index (κ2) is 9.17. The number of hydrogen-bond donors (Lipinski definition) is 2. The minimum absolute atomic E-state index is 0.0775. The molecule has 158 valence electrons. The highest BCUT2D eigenvalue weighted by Gasteiger charge is 2.17. The number of rotatable bonds is 7. The third-order valence-electron chi connectivity index (χ3n) is 4.64. The first kappa shape index (κ1) is 21.0. The number of amides is 2. The number of anilines is 1. The molecule has 0 spiro atoms. The van der Waals surface area contributed by atoms with Crippen molar-refractivity contribution in [1.29, 1.82) is 0 Å². The number of nitrogens with one attached hydrogen (secondary N) is 2. The first-order chi connectivity index (χ1) is 14.5. The van der Waals surface area contributed by atoms with Crippen molar-refractivity contribution in [3.63, 3.8) is 0 Å². The molecule has 0 aliphatic carbocycles. The molecule has 2 amide bonds. The third-order valence-corrected chi connectivity index (χ3v) is 4.64. The van der Waals surface area contributed by atoms with E-state index in [2.05, 4.69) is 20.8 Å². The van der Waals surface area contributed by atoms with Crippen LogP contribution in [-0.4, -0.2) is 37.5 Å². The molecule has 3 aromatic rings. The fraction of sp³-hybridized carbons (Fsp3) is 0.286. The number of aryl methyl sites for hydroxylation is 1. The monoisotopic (exact) mass is 412 g/mol. The summed E-state index contributed by atoms with van der Waals surface area (Å²) in [5.41, 5.74) is 3.48. The van der Waals surface area contributed by atoms with Crippen LogP contribution in [0.2, 0.25) is 0 Å². The number of nitrogens with zero attached hydrogens (tertiary/aromatic N) is 2. The molecular weight excluding hydrogens is 388 g/mol. The molecule has 2 aromatic carbocycles. The summed E-state index contributed by atoms with van der Waals surface area (Å²) < 4.78 is 21.3. The molecule has 9 heteroatoms. The van der Waals surface area contributed by atoms with E-state index in [1.807, 2.05) is 32.0 Å². The quantitative estimate of drug-likeness (QED) is 0.609. The van der Waals surface area contributed by atoms with E-state index in [1.165, 1.54) is 21.3 Å². The molecule has 0 aliphatic rings. The molecule has 0 bridgehead atoms. The molecule has 0 fully saturated rings. The van der Waals surface area contributed by atoms with Gasteiger partial charge < -0.3 is 29.4 Å². The molecule has 0 unspecified atom stereocenters. The predicted molar refractivity (Wildman–Crippen MR) is 111 cm³/mol. The summed E-state index contributed by atoms with van der Waals surface area (Å²) in [4.78, 5) is 16.5. The predicted octanol–water partition coefficient (Wildman–Crippen LogP) is 3.70. The summed E-state index contributed by atoms with van der Waals surface area (Å²) in [6, 6.07) is 8.79. The van der Waals surface area contributed by atoms with Gasteiger partial charge in [-0.05, 0) is 43.2 Å². The van der Waals surface area contributed by atoms with Crippen molar-refractivity contribution in [1.82, 2.24) is 15.5 Å². The van der Waals surface area contributed by atoms with Gasteiger partial charge in [-0.2, -0.15) is 4.98 Å². The molecule has 0 saturated heterocycles. The highest BCUT2D eigenvalue weighted by molar-refractivity contribution is 5.90. The summed E-state index contributed by atoms with van der Waals surface area (Å²) in [7, 11) is 4.59. The number of carbonyl (C=O) groups is 1. The molecule has 3 rings (SSSR count). The van der Waals surface area contributed by atoms with Crippen molar-refractivity contribution in [3.05, 3.63) is 47.3 Å². The first-order valence-electron chi connectivity index (χ1n) is 9.20. The van der Waals surface area contributed by atoms with Crippen molar-refractivity contribution < 1.29 is 23.5 Å². The number of carbonyl (C=O) groups excluding carboxylic acids is 1. The third kappa shape index (κ3) is 4.45. The SMILES string of the molecule is COc1cc(-c2noc(CNC(=O)Nc3cccc(C)c3C)n2)cc(OC)c1OC. The lowest BCUT2D eigenvalue weighted by molar-refractivity contribution is 0.249. The molecular formula is C21H24N4O5. The van der Waals surface area contributed by atoms with Gasteiger partial charge in [-0.25, -0.2) is 4.79 Å². The van der Waals surface area contributed by atoms with E-state index in [-0.39, 0.29) is 18.5 Å². The van der Waals surface area contributed by atoms with Crippen LogP contribution in [0, 0.1) is 13.8 Å². The van der Waals surface area contributed by atoms with Crippen LogP contribution in [0.1, 0.15) is 17.0 Å². The van der Waals surface area contributed by atoms with Gasteiger partial charge in [0.15, 0.2) is 11.5 Å². The van der Waals surface area contributed by atoms with Gasteiger partial charge in [0.05, 0.1) is 27.9 Å². The van der Waals surface area contributed by atoms with Gasteiger partial charge in [0, 0.05) is 11.3 Å². The number of ether oxygens (including phenoxy) is 3. The van der Waals surface area contributed by atoms with E-state index in [0.717, 1.165) is 16.8 Å². The Morgan fingerprint density at radius 3 is 2.40 bits per heavy atom.